The molecule has 0 radical (unpaired) electrons. The van der Waals surface area contributed by atoms with Crippen molar-refractivity contribution >= 4 is 0 Å². The number of aliphatic hydroxyl groups is 1. The summed E-state index contributed by atoms with van der Waals surface area (Å²) in [4.78, 5) is 0. The molecule has 0 saturated carbocycles. The second-order valence-corrected chi connectivity index (χ2v) is 3.75. The topological polar surface area (TPSA) is 32.8 Å². The molecule has 0 bridgehead atoms. The lowest BCUT2D eigenvalue weighted by molar-refractivity contribution is 0.176. The smallest absolute Gasteiger partial charge is 0.116 e. The molecule has 1 fully saturated rings. The molecular weight excluding hydrogens is 152 g/mol. The highest BCUT2D eigenvalue weighted by molar-refractivity contribution is 5.18. The summed E-state index contributed by atoms with van der Waals surface area (Å²) in [6.45, 7) is 9.46. The lowest BCUT2D eigenvalue weighted by atomic mass is 10.0. The van der Waals surface area contributed by atoms with Crippen LogP contribution < -0.4 is 0 Å². The minimum atomic E-state index is -0.502. The number of allylic oxidation sites excluding steroid dienone is 2. The van der Waals surface area contributed by atoms with Crippen LogP contribution in [0.2, 0.25) is 0 Å². The van der Waals surface area contributed by atoms with Crippen LogP contribution in [0.25, 0.3) is 0 Å². The number of epoxide rings is 1. The molecule has 2 heteroatoms. The summed E-state index contributed by atoms with van der Waals surface area (Å²) in [5.41, 5.74) is 0.825. The van der Waals surface area contributed by atoms with E-state index in [1.807, 2.05) is 20.8 Å². The van der Waals surface area contributed by atoms with Crippen molar-refractivity contribution in [1.29, 1.82) is 0 Å². The van der Waals surface area contributed by atoms with Crippen molar-refractivity contribution in [3.05, 3.63) is 24.3 Å². The molecule has 1 heterocycles. The molecule has 1 N–H and O–H groups in total. The number of hydrogen-bond donors (Lipinski definition) is 1. The van der Waals surface area contributed by atoms with Crippen LogP contribution in [0.1, 0.15) is 20.8 Å². The molecule has 2 unspecified atom stereocenters. The quantitative estimate of drug-likeness (QED) is 0.513. The van der Waals surface area contributed by atoms with Gasteiger partial charge in [-0.1, -0.05) is 24.3 Å². The lowest BCUT2D eigenvalue weighted by Gasteiger charge is -2.03. The Morgan fingerprint density at radius 3 is 2.50 bits per heavy atom. The summed E-state index contributed by atoms with van der Waals surface area (Å²) in [5.74, 6) is 0. The van der Waals surface area contributed by atoms with E-state index in [-0.39, 0.29) is 11.7 Å². The van der Waals surface area contributed by atoms with Crippen molar-refractivity contribution in [2.45, 2.75) is 38.6 Å². The van der Waals surface area contributed by atoms with E-state index < -0.39 is 6.10 Å². The SMILES string of the molecule is C=C/C(C)=C/C(O)C1OC1(C)C. The van der Waals surface area contributed by atoms with E-state index in [0.29, 0.717) is 0 Å². The van der Waals surface area contributed by atoms with E-state index in [9.17, 15) is 5.11 Å². The average molecular weight is 168 g/mol. The fourth-order valence-corrected chi connectivity index (χ4v) is 1.20. The van der Waals surface area contributed by atoms with Crippen molar-refractivity contribution in [2.75, 3.05) is 0 Å². The molecule has 1 rings (SSSR count). The minimum absolute atomic E-state index is 0.0487. The highest BCUT2D eigenvalue weighted by Crippen LogP contribution is 2.38. The first-order chi connectivity index (χ1) is 5.47. The van der Waals surface area contributed by atoms with Gasteiger partial charge in [0.25, 0.3) is 0 Å². The van der Waals surface area contributed by atoms with E-state index >= 15 is 0 Å². The summed E-state index contributed by atoms with van der Waals surface area (Å²) < 4.78 is 5.28. The van der Waals surface area contributed by atoms with Crippen LogP contribution in [0.5, 0.6) is 0 Å². The standard InChI is InChI=1S/C10H16O2/c1-5-7(2)6-8(11)9-10(3,4)12-9/h5-6,8-9,11H,1H2,2-4H3/b7-6+. The maximum Gasteiger partial charge on any atom is 0.116 e. The third kappa shape index (κ3) is 1.96. The highest BCUT2D eigenvalue weighted by Gasteiger charge is 2.51. The molecular formula is C10H16O2. The normalized spacial score (nSPS) is 29.7. The van der Waals surface area contributed by atoms with Crippen molar-refractivity contribution < 1.29 is 9.84 Å². The molecule has 68 valence electrons. The third-order valence-corrected chi connectivity index (χ3v) is 2.12. The van der Waals surface area contributed by atoms with Gasteiger partial charge in [0.1, 0.15) is 12.2 Å². The van der Waals surface area contributed by atoms with Gasteiger partial charge in [-0.3, -0.25) is 0 Å². The third-order valence-electron chi connectivity index (χ3n) is 2.12. The Bertz CT molecular complexity index is 216. The number of hydrogen-bond acceptors (Lipinski definition) is 2. The molecule has 0 aromatic rings. The van der Waals surface area contributed by atoms with E-state index in [2.05, 4.69) is 6.58 Å². The Hall–Kier alpha value is -0.600. The summed E-state index contributed by atoms with van der Waals surface area (Å²) in [6, 6.07) is 0. The van der Waals surface area contributed by atoms with Gasteiger partial charge in [-0.25, -0.2) is 0 Å². The summed E-state index contributed by atoms with van der Waals surface area (Å²) in [6.07, 6.45) is 2.94. The van der Waals surface area contributed by atoms with E-state index in [1.165, 1.54) is 0 Å². The lowest BCUT2D eigenvalue weighted by Crippen LogP contribution is -2.18. The molecule has 0 aromatic carbocycles. The Labute approximate surface area is 73.5 Å². The highest BCUT2D eigenvalue weighted by atomic mass is 16.6. The molecule has 0 aromatic heterocycles. The van der Waals surface area contributed by atoms with Gasteiger partial charge < -0.3 is 9.84 Å². The van der Waals surface area contributed by atoms with E-state index in [0.717, 1.165) is 5.57 Å². The van der Waals surface area contributed by atoms with Gasteiger partial charge in [-0.15, -0.1) is 0 Å². The van der Waals surface area contributed by atoms with Crippen molar-refractivity contribution in [3.63, 3.8) is 0 Å². The second kappa shape index (κ2) is 3.04. The van der Waals surface area contributed by atoms with E-state index in [4.69, 9.17) is 4.74 Å². The molecule has 2 atom stereocenters. The van der Waals surface area contributed by atoms with Gasteiger partial charge in [-0.05, 0) is 20.8 Å². The van der Waals surface area contributed by atoms with Gasteiger partial charge in [0.05, 0.1) is 5.60 Å². The first-order valence-electron chi connectivity index (χ1n) is 4.14. The van der Waals surface area contributed by atoms with Crippen LogP contribution in [0, 0.1) is 0 Å². The Kier molecular flexibility index (Phi) is 2.40. The predicted molar refractivity (Wildman–Crippen MR) is 48.9 cm³/mol. The number of aliphatic hydroxyl groups excluding tert-OH is 1. The van der Waals surface area contributed by atoms with Gasteiger partial charge >= 0.3 is 0 Å². The van der Waals surface area contributed by atoms with Gasteiger partial charge in [0, 0.05) is 0 Å². The Morgan fingerprint density at radius 2 is 2.17 bits per heavy atom. The van der Waals surface area contributed by atoms with Crippen molar-refractivity contribution in [3.8, 4) is 0 Å². The number of rotatable bonds is 3. The monoisotopic (exact) mass is 168 g/mol. The molecule has 0 amide bonds. The van der Waals surface area contributed by atoms with Crippen molar-refractivity contribution in [2.24, 2.45) is 0 Å². The fraction of sp³-hybridized carbons (Fsp3) is 0.600. The molecule has 1 aliphatic rings. The van der Waals surface area contributed by atoms with Crippen LogP contribution in [-0.4, -0.2) is 22.9 Å². The van der Waals surface area contributed by atoms with Crippen LogP contribution in [0.3, 0.4) is 0 Å². The average Bonchev–Trinajstić information content (AvgIpc) is 2.59. The molecule has 12 heavy (non-hydrogen) atoms. The first-order valence-corrected chi connectivity index (χ1v) is 4.14. The zero-order chi connectivity index (χ0) is 9.35. The zero-order valence-corrected chi connectivity index (χ0v) is 7.87. The molecule has 1 saturated heterocycles. The van der Waals surface area contributed by atoms with Crippen LogP contribution in [0.4, 0.5) is 0 Å². The van der Waals surface area contributed by atoms with Crippen LogP contribution in [0.15, 0.2) is 24.3 Å². The van der Waals surface area contributed by atoms with Gasteiger partial charge in [0.15, 0.2) is 0 Å². The largest absolute Gasteiger partial charge is 0.386 e. The summed E-state index contributed by atoms with van der Waals surface area (Å²) >= 11 is 0. The molecule has 2 nitrogen and oxygen atoms in total. The minimum Gasteiger partial charge on any atom is -0.386 e. The summed E-state index contributed by atoms with van der Waals surface area (Å²) in [7, 11) is 0. The van der Waals surface area contributed by atoms with Crippen LogP contribution >= 0.6 is 0 Å². The Morgan fingerprint density at radius 1 is 1.67 bits per heavy atom. The maximum atomic E-state index is 9.58. The first kappa shape index (κ1) is 9.49. The molecule has 0 spiro atoms. The Balaban J connectivity index is 2.51. The van der Waals surface area contributed by atoms with Gasteiger partial charge in [0.2, 0.25) is 0 Å². The second-order valence-electron chi connectivity index (χ2n) is 3.75. The van der Waals surface area contributed by atoms with Crippen molar-refractivity contribution in [1.82, 2.24) is 0 Å². The summed E-state index contributed by atoms with van der Waals surface area (Å²) in [5, 5.41) is 9.58. The fourth-order valence-electron chi connectivity index (χ4n) is 1.20. The molecule has 0 aliphatic carbocycles. The zero-order valence-electron chi connectivity index (χ0n) is 7.87. The molecule has 1 aliphatic heterocycles. The predicted octanol–water partition coefficient (Wildman–Crippen LogP) is 1.66. The van der Waals surface area contributed by atoms with E-state index in [1.54, 1.807) is 12.2 Å². The maximum absolute atomic E-state index is 9.58. The number of ether oxygens (including phenoxy) is 1. The van der Waals surface area contributed by atoms with Gasteiger partial charge in [-0.2, -0.15) is 0 Å². The van der Waals surface area contributed by atoms with Crippen LogP contribution in [-0.2, 0) is 4.74 Å².